The van der Waals surface area contributed by atoms with Gasteiger partial charge in [0.05, 0.1) is 5.69 Å². The third kappa shape index (κ3) is 1.41. The highest BCUT2D eigenvalue weighted by atomic mass is 15.1. The minimum Gasteiger partial charge on any atom is -0.378 e. The number of hydrogen-bond acceptors (Lipinski definition) is 1. The van der Waals surface area contributed by atoms with Gasteiger partial charge in [-0.1, -0.05) is 0 Å². The van der Waals surface area contributed by atoms with E-state index in [0.717, 1.165) is 5.69 Å². The van der Waals surface area contributed by atoms with E-state index in [0.29, 0.717) is 5.69 Å². The lowest BCUT2D eigenvalue weighted by atomic mass is 10.3. The topological polar surface area (TPSA) is 27.0 Å². The largest absolute Gasteiger partial charge is 0.378 e. The number of anilines is 1. The van der Waals surface area contributed by atoms with Gasteiger partial charge in [0.2, 0.25) is 0 Å². The fourth-order valence-corrected chi connectivity index (χ4v) is 0.760. The molecular weight excluding hydrogens is 124 g/mol. The van der Waals surface area contributed by atoms with Crippen molar-refractivity contribution in [2.45, 2.75) is 0 Å². The van der Waals surface area contributed by atoms with Crippen molar-refractivity contribution in [3.05, 3.63) is 24.3 Å². The Balaban J connectivity index is 2.89. The minimum atomic E-state index is 0.561. The van der Waals surface area contributed by atoms with Crippen molar-refractivity contribution in [1.29, 1.82) is 0 Å². The molecule has 0 bridgehead atoms. The Morgan fingerprint density at radius 3 is 2.00 bits per heavy atom. The molecular formula is C8H11N2. The van der Waals surface area contributed by atoms with Gasteiger partial charge < -0.3 is 10.6 Å². The number of nitrogens with zero attached hydrogens (tertiary/aromatic N) is 1. The van der Waals surface area contributed by atoms with Crippen molar-refractivity contribution in [2.75, 3.05) is 19.0 Å². The Labute approximate surface area is 61.3 Å². The predicted molar refractivity (Wildman–Crippen MR) is 43.5 cm³/mol. The molecule has 0 aliphatic rings. The molecule has 1 aromatic carbocycles. The summed E-state index contributed by atoms with van der Waals surface area (Å²) in [5.74, 6) is 0. The monoisotopic (exact) mass is 135 g/mol. The van der Waals surface area contributed by atoms with Gasteiger partial charge in [-0.2, -0.15) is 0 Å². The van der Waals surface area contributed by atoms with Crippen molar-refractivity contribution in [3.8, 4) is 0 Å². The molecule has 0 saturated heterocycles. The maximum Gasteiger partial charge on any atom is 0.0541 e. The fourth-order valence-electron chi connectivity index (χ4n) is 0.760. The standard InChI is InChI=1S/C8H11N2/c1-10(2)8-5-3-7(9)4-6-8/h3-6,9H,1-2H3. The van der Waals surface area contributed by atoms with E-state index < -0.39 is 0 Å². The summed E-state index contributed by atoms with van der Waals surface area (Å²) in [5, 5.41) is 0. The molecule has 0 aliphatic carbocycles. The Morgan fingerprint density at radius 2 is 1.60 bits per heavy atom. The zero-order chi connectivity index (χ0) is 7.56. The summed E-state index contributed by atoms with van der Waals surface area (Å²) in [6.07, 6.45) is 0. The smallest absolute Gasteiger partial charge is 0.0541 e. The average Bonchev–Trinajstić information content (AvgIpc) is 1.88. The second-order valence-corrected chi connectivity index (χ2v) is 2.44. The molecule has 2 heteroatoms. The first-order chi connectivity index (χ1) is 4.70. The molecule has 0 saturated carbocycles. The van der Waals surface area contributed by atoms with Crippen molar-refractivity contribution in [3.63, 3.8) is 0 Å². The van der Waals surface area contributed by atoms with Crippen LogP contribution in [-0.2, 0) is 0 Å². The Hall–Kier alpha value is -1.18. The van der Waals surface area contributed by atoms with Gasteiger partial charge in [0, 0.05) is 19.8 Å². The quantitative estimate of drug-likeness (QED) is 0.575. The van der Waals surface area contributed by atoms with E-state index in [1.54, 1.807) is 12.1 Å². The van der Waals surface area contributed by atoms with E-state index in [1.165, 1.54) is 0 Å². The molecule has 0 heterocycles. The molecule has 2 nitrogen and oxygen atoms in total. The van der Waals surface area contributed by atoms with Gasteiger partial charge in [-0.25, -0.2) is 0 Å². The van der Waals surface area contributed by atoms with Crippen LogP contribution in [0.1, 0.15) is 0 Å². The van der Waals surface area contributed by atoms with Crippen LogP contribution in [0.15, 0.2) is 24.3 Å². The first-order valence-corrected chi connectivity index (χ1v) is 3.19. The summed E-state index contributed by atoms with van der Waals surface area (Å²) < 4.78 is 0. The van der Waals surface area contributed by atoms with Crippen molar-refractivity contribution < 1.29 is 0 Å². The highest BCUT2D eigenvalue weighted by Gasteiger charge is 1.91. The maximum atomic E-state index is 7.21. The molecule has 1 N–H and O–H groups in total. The van der Waals surface area contributed by atoms with Crippen LogP contribution in [0, 0.1) is 0 Å². The lowest BCUT2D eigenvalue weighted by molar-refractivity contribution is 1.13. The summed E-state index contributed by atoms with van der Waals surface area (Å²) in [4.78, 5) is 2.01. The van der Waals surface area contributed by atoms with Gasteiger partial charge in [-0.3, -0.25) is 0 Å². The number of hydrogen-bond donors (Lipinski definition) is 0. The molecule has 0 spiro atoms. The number of benzene rings is 1. The van der Waals surface area contributed by atoms with Crippen LogP contribution in [-0.4, -0.2) is 14.1 Å². The van der Waals surface area contributed by atoms with Crippen LogP contribution >= 0.6 is 0 Å². The van der Waals surface area contributed by atoms with Gasteiger partial charge in [-0.05, 0) is 24.3 Å². The van der Waals surface area contributed by atoms with Crippen LogP contribution in [0.4, 0.5) is 11.4 Å². The van der Waals surface area contributed by atoms with E-state index >= 15 is 0 Å². The molecule has 1 radical (unpaired) electrons. The third-order valence-corrected chi connectivity index (χ3v) is 1.38. The summed E-state index contributed by atoms with van der Waals surface area (Å²) in [7, 11) is 3.97. The molecule has 53 valence electrons. The molecule has 1 rings (SSSR count). The van der Waals surface area contributed by atoms with Gasteiger partial charge in [-0.15, -0.1) is 0 Å². The lowest BCUT2D eigenvalue weighted by Gasteiger charge is -2.11. The molecule has 1 aromatic rings. The SMILES string of the molecule is CN(C)c1ccc([NH])cc1. The van der Waals surface area contributed by atoms with E-state index in [-0.39, 0.29) is 0 Å². The van der Waals surface area contributed by atoms with Crippen LogP contribution < -0.4 is 10.6 Å². The van der Waals surface area contributed by atoms with Crippen LogP contribution in [0.5, 0.6) is 0 Å². The Morgan fingerprint density at radius 1 is 1.10 bits per heavy atom. The first-order valence-electron chi connectivity index (χ1n) is 3.19. The van der Waals surface area contributed by atoms with Gasteiger partial charge >= 0.3 is 0 Å². The zero-order valence-corrected chi connectivity index (χ0v) is 6.26. The predicted octanol–water partition coefficient (Wildman–Crippen LogP) is 1.67. The van der Waals surface area contributed by atoms with Gasteiger partial charge in [0.1, 0.15) is 0 Å². The second-order valence-electron chi connectivity index (χ2n) is 2.44. The van der Waals surface area contributed by atoms with Crippen LogP contribution in [0.25, 0.3) is 0 Å². The van der Waals surface area contributed by atoms with Gasteiger partial charge in [0.25, 0.3) is 0 Å². The maximum absolute atomic E-state index is 7.21. The molecule has 0 aliphatic heterocycles. The summed E-state index contributed by atoms with van der Waals surface area (Å²) in [5.41, 5.74) is 8.91. The normalized spacial score (nSPS) is 9.40. The van der Waals surface area contributed by atoms with Crippen molar-refractivity contribution in [1.82, 2.24) is 5.73 Å². The summed E-state index contributed by atoms with van der Waals surface area (Å²) >= 11 is 0. The Kier molecular flexibility index (Phi) is 1.81. The van der Waals surface area contributed by atoms with E-state index in [2.05, 4.69) is 0 Å². The number of nitrogens with one attached hydrogen (secondary N) is 1. The number of rotatable bonds is 1. The summed E-state index contributed by atoms with van der Waals surface area (Å²) in [6.45, 7) is 0. The minimum absolute atomic E-state index is 0.561. The third-order valence-electron chi connectivity index (χ3n) is 1.38. The highest BCUT2D eigenvalue weighted by Crippen LogP contribution is 2.13. The summed E-state index contributed by atoms with van der Waals surface area (Å²) in [6, 6.07) is 7.44. The van der Waals surface area contributed by atoms with Crippen LogP contribution in [0.2, 0.25) is 0 Å². The molecule has 0 fully saturated rings. The fraction of sp³-hybridized carbons (Fsp3) is 0.250. The molecule has 0 amide bonds. The molecule has 0 unspecified atom stereocenters. The van der Waals surface area contributed by atoms with E-state index in [4.69, 9.17) is 5.73 Å². The van der Waals surface area contributed by atoms with Crippen molar-refractivity contribution in [2.24, 2.45) is 0 Å². The molecule has 0 atom stereocenters. The zero-order valence-electron chi connectivity index (χ0n) is 6.26. The van der Waals surface area contributed by atoms with Gasteiger partial charge in [0.15, 0.2) is 0 Å². The average molecular weight is 135 g/mol. The van der Waals surface area contributed by atoms with E-state index in [9.17, 15) is 0 Å². The van der Waals surface area contributed by atoms with Crippen molar-refractivity contribution >= 4 is 11.4 Å². The highest BCUT2D eigenvalue weighted by molar-refractivity contribution is 5.50. The van der Waals surface area contributed by atoms with E-state index in [1.807, 2.05) is 31.1 Å². The Bertz CT molecular complexity index is 201. The first kappa shape index (κ1) is 6.93. The van der Waals surface area contributed by atoms with Crippen LogP contribution in [0.3, 0.4) is 0 Å². The second kappa shape index (κ2) is 2.60. The lowest BCUT2D eigenvalue weighted by Crippen LogP contribution is -2.07. The molecule has 0 aromatic heterocycles. The molecule has 10 heavy (non-hydrogen) atoms.